The smallest absolute Gasteiger partial charge is 0.0363 e. The van der Waals surface area contributed by atoms with Gasteiger partial charge in [0.05, 0.1) is 0 Å². The van der Waals surface area contributed by atoms with E-state index < -0.39 is 0 Å². The van der Waals surface area contributed by atoms with Gasteiger partial charge in [0.15, 0.2) is 0 Å². The fraction of sp³-hybridized carbons (Fsp3) is 1.00. The van der Waals surface area contributed by atoms with Crippen LogP contribution in [0.5, 0.6) is 0 Å². The molecule has 3 atom stereocenters. The van der Waals surface area contributed by atoms with E-state index in [9.17, 15) is 0 Å². The fourth-order valence-electron chi connectivity index (χ4n) is 3.38. The molecule has 0 nitrogen and oxygen atoms in total. The van der Waals surface area contributed by atoms with Gasteiger partial charge in [0.2, 0.25) is 0 Å². The predicted octanol–water partition coefficient (Wildman–Crippen LogP) is 7.08. The first-order valence-electron chi connectivity index (χ1n) is 9.02. The standard InChI is InChI=1S/C19H40/c1-7-9-10-11-13-17(5)19(12-8-2)18(6)15-14-16(3)4/h16-19H,7-15H2,1-6H3. The minimum absolute atomic E-state index is 0.865. The summed E-state index contributed by atoms with van der Waals surface area (Å²) >= 11 is 0. The Morgan fingerprint density at radius 1 is 0.579 bits per heavy atom. The quantitative estimate of drug-likeness (QED) is 0.332. The van der Waals surface area contributed by atoms with Gasteiger partial charge in [0.1, 0.15) is 0 Å². The van der Waals surface area contributed by atoms with E-state index in [2.05, 4.69) is 41.5 Å². The van der Waals surface area contributed by atoms with Crippen molar-refractivity contribution in [3.63, 3.8) is 0 Å². The minimum atomic E-state index is 0.865. The van der Waals surface area contributed by atoms with Crippen LogP contribution in [-0.4, -0.2) is 0 Å². The first-order chi connectivity index (χ1) is 9.02. The van der Waals surface area contributed by atoms with E-state index in [1.807, 2.05) is 0 Å². The van der Waals surface area contributed by atoms with Crippen LogP contribution in [-0.2, 0) is 0 Å². The molecule has 0 aromatic carbocycles. The topological polar surface area (TPSA) is 0 Å². The lowest BCUT2D eigenvalue weighted by Gasteiger charge is -2.30. The van der Waals surface area contributed by atoms with Gasteiger partial charge in [-0.15, -0.1) is 0 Å². The van der Waals surface area contributed by atoms with E-state index in [1.165, 1.54) is 57.8 Å². The van der Waals surface area contributed by atoms with Gasteiger partial charge in [-0.3, -0.25) is 0 Å². The Kier molecular flexibility index (Phi) is 11.8. The van der Waals surface area contributed by atoms with Crippen LogP contribution in [0.1, 0.15) is 99.3 Å². The molecule has 0 aliphatic rings. The summed E-state index contributed by atoms with van der Waals surface area (Å²) in [6.45, 7) is 14.4. The third-order valence-electron chi connectivity index (χ3n) is 4.80. The molecule has 0 heteroatoms. The number of hydrogen-bond acceptors (Lipinski definition) is 0. The molecule has 0 N–H and O–H groups in total. The third kappa shape index (κ3) is 9.52. The van der Waals surface area contributed by atoms with Crippen molar-refractivity contribution in [2.75, 3.05) is 0 Å². The number of unbranched alkanes of at least 4 members (excludes halogenated alkanes) is 3. The molecule has 19 heavy (non-hydrogen) atoms. The van der Waals surface area contributed by atoms with Crippen molar-refractivity contribution in [2.24, 2.45) is 23.7 Å². The van der Waals surface area contributed by atoms with Gasteiger partial charge in [-0.2, -0.15) is 0 Å². The molecule has 0 amide bonds. The lowest BCUT2D eigenvalue weighted by molar-refractivity contribution is 0.205. The Labute approximate surface area is 123 Å². The highest BCUT2D eigenvalue weighted by Gasteiger charge is 2.22. The zero-order valence-corrected chi connectivity index (χ0v) is 14.7. The first kappa shape index (κ1) is 19.0. The molecule has 0 aliphatic heterocycles. The van der Waals surface area contributed by atoms with Crippen LogP contribution in [0.2, 0.25) is 0 Å². The van der Waals surface area contributed by atoms with Gasteiger partial charge in [-0.05, 0) is 23.7 Å². The van der Waals surface area contributed by atoms with Gasteiger partial charge in [0, 0.05) is 0 Å². The fourth-order valence-corrected chi connectivity index (χ4v) is 3.38. The maximum absolute atomic E-state index is 2.51. The SMILES string of the molecule is CCCCCCC(C)C(CCC)C(C)CCC(C)C. The lowest BCUT2D eigenvalue weighted by atomic mass is 9.76. The van der Waals surface area contributed by atoms with Crippen LogP contribution >= 0.6 is 0 Å². The largest absolute Gasteiger partial charge is 0.0654 e. The lowest BCUT2D eigenvalue weighted by Crippen LogP contribution is -2.20. The molecule has 0 aromatic heterocycles. The first-order valence-corrected chi connectivity index (χ1v) is 9.02. The van der Waals surface area contributed by atoms with Crippen LogP contribution in [0.25, 0.3) is 0 Å². The highest BCUT2D eigenvalue weighted by atomic mass is 14.3. The summed E-state index contributed by atoms with van der Waals surface area (Å²) in [5, 5.41) is 0. The summed E-state index contributed by atoms with van der Waals surface area (Å²) in [6.07, 6.45) is 12.8. The monoisotopic (exact) mass is 268 g/mol. The number of hydrogen-bond donors (Lipinski definition) is 0. The van der Waals surface area contributed by atoms with E-state index in [0.29, 0.717) is 0 Å². The maximum Gasteiger partial charge on any atom is -0.0363 e. The zero-order valence-electron chi connectivity index (χ0n) is 14.7. The average molecular weight is 269 g/mol. The molecule has 116 valence electrons. The third-order valence-corrected chi connectivity index (χ3v) is 4.80. The Morgan fingerprint density at radius 2 is 1.21 bits per heavy atom. The Hall–Kier alpha value is 0. The Morgan fingerprint density at radius 3 is 1.74 bits per heavy atom. The van der Waals surface area contributed by atoms with E-state index in [-0.39, 0.29) is 0 Å². The van der Waals surface area contributed by atoms with E-state index in [0.717, 1.165) is 23.7 Å². The van der Waals surface area contributed by atoms with Crippen molar-refractivity contribution in [1.82, 2.24) is 0 Å². The summed E-state index contributed by atoms with van der Waals surface area (Å²) in [7, 11) is 0. The molecule has 3 unspecified atom stereocenters. The summed E-state index contributed by atoms with van der Waals surface area (Å²) in [6, 6.07) is 0. The van der Waals surface area contributed by atoms with E-state index in [4.69, 9.17) is 0 Å². The summed E-state index contributed by atoms with van der Waals surface area (Å²) in [4.78, 5) is 0. The van der Waals surface area contributed by atoms with Gasteiger partial charge < -0.3 is 0 Å². The molecule has 0 rings (SSSR count). The summed E-state index contributed by atoms with van der Waals surface area (Å²) < 4.78 is 0. The Balaban J connectivity index is 4.11. The molecule has 0 aliphatic carbocycles. The highest BCUT2D eigenvalue weighted by molar-refractivity contribution is 4.73. The normalized spacial score (nSPS) is 16.6. The number of rotatable bonds is 12. The molecule has 0 aromatic rings. The molecular weight excluding hydrogens is 228 g/mol. The van der Waals surface area contributed by atoms with Crippen molar-refractivity contribution in [2.45, 2.75) is 99.3 Å². The van der Waals surface area contributed by atoms with Gasteiger partial charge in [0.25, 0.3) is 0 Å². The van der Waals surface area contributed by atoms with Gasteiger partial charge >= 0.3 is 0 Å². The van der Waals surface area contributed by atoms with Crippen LogP contribution in [0.3, 0.4) is 0 Å². The van der Waals surface area contributed by atoms with Crippen molar-refractivity contribution < 1.29 is 0 Å². The second-order valence-electron chi connectivity index (χ2n) is 7.23. The molecule has 0 saturated carbocycles. The summed E-state index contributed by atoms with van der Waals surface area (Å²) in [5.41, 5.74) is 0. The second-order valence-corrected chi connectivity index (χ2v) is 7.23. The maximum atomic E-state index is 2.51. The molecule has 0 heterocycles. The van der Waals surface area contributed by atoms with Crippen LogP contribution in [0.15, 0.2) is 0 Å². The van der Waals surface area contributed by atoms with Crippen molar-refractivity contribution >= 4 is 0 Å². The highest BCUT2D eigenvalue weighted by Crippen LogP contribution is 2.33. The zero-order chi connectivity index (χ0) is 14.7. The van der Waals surface area contributed by atoms with Crippen molar-refractivity contribution in [3.8, 4) is 0 Å². The second kappa shape index (κ2) is 11.8. The van der Waals surface area contributed by atoms with Crippen molar-refractivity contribution in [1.29, 1.82) is 0 Å². The minimum Gasteiger partial charge on any atom is -0.0654 e. The molecule has 0 spiro atoms. The Bertz CT molecular complexity index is 182. The molecule has 0 fully saturated rings. The summed E-state index contributed by atoms with van der Waals surface area (Å²) in [5.74, 6) is 3.68. The molecular formula is C19H40. The molecule has 0 radical (unpaired) electrons. The van der Waals surface area contributed by atoms with Crippen molar-refractivity contribution in [3.05, 3.63) is 0 Å². The molecule has 0 saturated heterocycles. The van der Waals surface area contributed by atoms with Crippen LogP contribution < -0.4 is 0 Å². The average Bonchev–Trinajstić information content (AvgIpc) is 2.38. The van der Waals surface area contributed by atoms with Gasteiger partial charge in [-0.1, -0.05) is 99.3 Å². The van der Waals surface area contributed by atoms with Gasteiger partial charge in [-0.25, -0.2) is 0 Å². The van der Waals surface area contributed by atoms with Crippen LogP contribution in [0.4, 0.5) is 0 Å². The van der Waals surface area contributed by atoms with Crippen LogP contribution in [0, 0.1) is 23.7 Å². The predicted molar refractivity (Wildman–Crippen MR) is 89.6 cm³/mol. The van der Waals surface area contributed by atoms with E-state index in [1.54, 1.807) is 0 Å². The van der Waals surface area contributed by atoms with E-state index >= 15 is 0 Å². The molecule has 0 bridgehead atoms.